The summed E-state index contributed by atoms with van der Waals surface area (Å²) in [5.41, 5.74) is 0.942. The van der Waals surface area contributed by atoms with Crippen LogP contribution in [0.2, 0.25) is 0 Å². The number of allylic oxidation sites excluding steroid dienone is 2. The van der Waals surface area contributed by atoms with Crippen LogP contribution in [0.4, 0.5) is 5.13 Å². The molecule has 158 valence electrons. The quantitative estimate of drug-likeness (QED) is 0.190. The summed E-state index contributed by atoms with van der Waals surface area (Å²) in [6, 6.07) is 0. The second kappa shape index (κ2) is 8.99. The molecule has 1 aliphatic heterocycles. The minimum Gasteiger partial charge on any atom is -0.355 e. The Hall–Kier alpha value is -1.69. The Bertz CT molecular complexity index is 808. The van der Waals surface area contributed by atoms with E-state index in [-0.39, 0.29) is 59.5 Å². The van der Waals surface area contributed by atoms with Crippen molar-refractivity contribution in [2.75, 3.05) is 39.1 Å². The molecule has 2 bridgehead atoms. The van der Waals surface area contributed by atoms with Gasteiger partial charge in [-0.3, -0.25) is 19.5 Å². The summed E-state index contributed by atoms with van der Waals surface area (Å²) < 4.78 is 0. The van der Waals surface area contributed by atoms with Gasteiger partial charge in [0.1, 0.15) is 0 Å². The monoisotopic (exact) mass is 530 g/mol. The van der Waals surface area contributed by atoms with Crippen LogP contribution in [0.25, 0.3) is 0 Å². The lowest BCUT2D eigenvalue weighted by atomic mass is 9.85. The molecule has 2 heterocycles. The molecule has 0 aromatic carbocycles. The Kier molecular flexibility index (Phi) is 6.82. The van der Waals surface area contributed by atoms with Gasteiger partial charge in [0, 0.05) is 39.6 Å². The number of carbonyl (C=O) groups is 2. The molecule has 1 aromatic heterocycles. The average molecular weight is 530 g/mol. The topological polar surface area (TPSA) is 89.9 Å². The fourth-order valence-corrected chi connectivity index (χ4v) is 5.21. The van der Waals surface area contributed by atoms with Crippen molar-refractivity contribution >= 4 is 58.2 Å². The van der Waals surface area contributed by atoms with Crippen LogP contribution in [0.3, 0.4) is 0 Å². The molecule has 2 fully saturated rings. The highest BCUT2D eigenvalue weighted by Gasteiger charge is 2.58. The normalized spacial score (nSPS) is 27.3. The zero-order chi connectivity index (χ0) is 19.8. The molecule has 29 heavy (non-hydrogen) atoms. The van der Waals surface area contributed by atoms with Crippen molar-refractivity contribution in [3.63, 3.8) is 0 Å². The summed E-state index contributed by atoms with van der Waals surface area (Å²) in [6.45, 7) is 1.40. The van der Waals surface area contributed by atoms with E-state index in [0.717, 1.165) is 17.2 Å². The Morgan fingerprint density at radius 3 is 2.45 bits per heavy atom. The summed E-state index contributed by atoms with van der Waals surface area (Å²) in [7, 11) is 5.63. The van der Waals surface area contributed by atoms with Gasteiger partial charge in [-0.2, -0.15) is 0 Å². The van der Waals surface area contributed by atoms with Crippen LogP contribution in [-0.2, 0) is 16.1 Å². The van der Waals surface area contributed by atoms with Crippen LogP contribution in [-0.4, -0.2) is 61.9 Å². The molecule has 1 aromatic rings. The van der Waals surface area contributed by atoms with Gasteiger partial charge in [0.2, 0.25) is 11.8 Å². The number of aromatic nitrogens is 1. The number of anilines is 1. The zero-order valence-electron chi connectivity index (χ0n) is 16.8. The summed E-state index contributed by atoms with van der Waals surface area (Å²) in [4.78, 5) is 37.5. The fourth-order valence-electron chi connectivity index (χ4n) is 4.45. The van der Waals surface area contributed by atoms with Crippen molar-refractivity contribution in [1.29, 1.82) is 0 Å². The van der Waals surface area contributed by atoms with E-state index in [1.54, 1.807) is 18.4 Å². The van der Waals surface area contributed by atoms with E-state index in [1.807, 2.05) is 24.4 Å². The van der Waals surface area contributed by atoms with Crippen molar-refractivity contribution in [3.8, 4) is 0 Å². The molecule has 4 atom stereocenters. The van der Waals surface area contributed by atoms with Crippen LogP contribution in [0, 0.1) is 23.7 Å². The highest BCUT2D eigenvalue weighted by molar-refractivity contribution is 14.0. The minimum absolute atomic E-state index is 0. The van der Waals surface area contributed by atoms with Crippen molar-refractivity contribution < 1.29 is 9.59 Å². The van der Waals surface area contributed by atoms with Gasteiger partial charge in [-0.25, -0.2) is 4.98 Å². The fraction of sp³-hybridized carbons (Fsp3) is 0.579. The molecule has 3 aliphatic rings. The number of guanidine groups is 1. The molecule has 10 heteroatoms. The molecule has 2 N–H and O–H groups in total. The van der Waals surface area contributed by atoms with Crippen molar-refractivity contribution in [2.24, 2.45) is 28.7 Å². The van der Waals surface area contributed by atoms with Crippen molar-refractivity contribution in [2.45, 2.75) is 13.0 Å². The molecule has 4 unspecified atom stereocenters. The van der Waals surface area contributed by atoms with Crippen molar-refractivity contribution in [3.05, 3.63) is 23.2 Å². The first-order valence-electron chi connectivity index (χ1n) is 9.59. The van der Waals surface area contributed by atoms with E-state index < -0.39 is 0 Å². The van der Waals surface area contributed by atoms with Gasteiger partial charge in [-0.15, -0.1) is 35.3 Å². The zero-order valence-corrected chi connectivity index (χ0v) is 19.9. The van der Waals surface area contributed by atoms with Crippen LogP contribution in [0.15, 0.2) is 22.5 Å². The molecule has 0 spiro atoms. The number of aliphatic imine (C=N–C) groups is 1. The average Bonchev–Trinajstić information content (AvgIpc) is 3.44. The summed E-state index contributed by atoms with van der Waals surface area (Å²) in [5.74, 6) is 0.866. The smallest absolute Gasteiger partial charge is 0.233 e. The lowest BCUT2D eigenvalue weighted by Gasteiger charge is -2.18. The maximum atomic E-state index is 12.7. The first-order chi connectivity index (χ1) is 13.5. The van der Waals surface area contributed by atoms with Gasteiger partial charge >= 0.3 is 0 Å². The highest BCUT2D eigenvalue weighted by atomic mass is 127. The lowest BCUT2D eigenvalue weighted by Crippen LogP contribution is -2.43. The van der Waals surface area contributed by atoms with Gasteiger partial charge in [0.25, 0.3) is 0 Å². The van der Waals surface area contributed by atoms with E-state index in [1.165, 1.54) is 4.90 Å². The van der Waals surface area contributed by atoms with Gasteiger partial charge in [0.05, 0.1) is 24.1 Å². The van der Waals surface area contributed by atoms with Crippen LogP contribution < -0.4 is 15.5 Å². The number of hydrogen-bond acceptors (Lipinski definition) is 6. The molecule has 2 amide bonds. The number of fused-ring (bicyclic) bond motifs is 5. The number of carbonyl (C=O) groups excluding carboxylic acids is 2. The second-order valence-electron chi connectivity index (χ2n) is 7.70. The number of nitrogens with one attached hydrogen (secondary N) is 2. The molecule has 4 rings (SSSR count). The van der Waals surface area contributed by atoms with E-state index in [0.29, 0.717) is 25.6 Å². The number of amides is 2. The molecule has 0 radical (unpaired) electrons. The van der Waals surface area contributed by atoms with E-state index >= 15 is 0 Å². The highest BCUT2D eigenvalue weighted by Crippen LogP contribution is 2.52. The maximum Gasteiger partial charge on any atom is 0.233 e. The summed E-state index contributed by atoms with van der Waals surface area (Å²) in [5, 5.41) is 9.37. The Morgan fingerprint density at radius 1 is 1.24 bits per heavy atom. The largest absolute Gasteiger partial charge is 0.355 e. The predicted molar refractivity (Wildman–Crippen MR) is 124 cm³/mol. The van der Waals surface area contributed by atoms with Gasteiger partial charge in [-0.05, 0) is 18.3 Å². The predicted octanol–water partition coefficient (Wildman–Crippen LogP) is 1.30. The number of likely N-dealkylation sites (tertiary alicyclic amines) is 1. The SMILES string of the molecule is CN=C(NCCN1C(=O)C2C3C=CC(C3)C2C1=O)NCc1csc(N(C)C)n1.I. The summed E-state index contributed by atoms with van der Waals surface area (Å²) in [6.07, 6.45) is 5.19. The summed E-state index contributed by atoms with van der Waals surface area (Å²) >= 11 is 1.59. The standard InChI is InChI=1S/C19H26N6O2S.HI/c1-20-18(22-9-13-10-28-19(23-13)24(2)3)21-6-7-25-16(26)14-11-4-5-12(8-11)15(14)17(25)27;/h4-5,10-12,14-15H,6-9H2,1-3H3,(H2,20,21,22);1H. The van der Waals surface area contributed by atoms with Gasteiger partial charge < -0.3 is 15.5 Å². The maximum absolute atomic E-state index is 12.7. The van der Waals surface area contributed by atoms with Gasteiger partial charge in [0.15, 0.2) is 11.1 Å². The molecular formula is C19H27IN6O2S. The van der Waals surface area contributed by atoms with Crippen LogP contribution >= 0.6 is 35.3 Å². The van der Waals surface area contributed by atoms with E-state index in [4.69, 9.17) is 0 Å². The van der Waals surface area contributed by atoms with E-state index in [9.17, 15) is 9.59 Å². The third kappa shape index (κ3) is 4.14. The molecule has 1 saturated carbocycles. The number of thiazole rings is 1. The minimum atomic E-state index is -0.129. The second-order valence-corrected chi connectivity index (χ2v) is 8.53. The molecule has 8 nitrogen and oxygen atoms in total. The lowest BCUT2D eigenvalue weighted by molar-refractivity contribution is -0.140. The Labute approximate surface area is 191 Å². The third-order valence-corrected chi connectivity index (χ3v) is 6.83. The number of hydrogen-bond donors (Lipinski definition) is 2. The molecule has 2 aliphatic carbocycles. The van der Waals surface area contributed by atoms with Crippen LogP contribution in [0.1, 0.15) is 12.1 Å². The molecular weight excluding hydrogens is 503 g/mol. The first kappa shape index (κ1) is 22.0. The number of imide groups is 1. The number of rotatable bonds is 6. The number of halogens is 1. The molecule has 1 saturated heterocycles. The third-order valence-electron chi connectivity index (χ3n) is 5.77. The van der Waals surface area contributed by atoms with Gasteiger partial charge in [-0.1, -0.05) is 12.2 Å². The number of nitrogens with zero attached hydrogens (tertiary/aromatic N) is 4. The Morgan fingerprint density at radius 2 is 1.90 bits per heavy atom. The Balaban J connectivity index is 0.00000240. The van der Waals surface area contributed by atoms with Crippen molar-refractivity contribution in [1.82, 2.24) is 20.5 Å². The van der Waals surface area contributed by atoms with E-state index in [2.05, 4.69) is 32.8 Å². The van der Waals surface area contributed by atoms with Crippen LogP contribution in [0.5, 0.6) is 0 Å². The first-order valence-corrected chi connectivity index (χ1v) is 10.5.